The topological polar surface area (TPSA) is 135 Å². The van der Waals surface area contributed by atoms with Crippen LogP contribution in [0.4, 0.5) is 10.1 Å². The van der Waals surface area contributed by atoms with Crippen LogP contribution < -0.4 is 21.7 Å². The van der Waals surface area contributed by atoms with Gasteiger partial charge < -0.3 is 21.1 Å². The Morgan fingerprint density at radius 3 is 2.48 bits per heavy atom. The maximum atomic E-state index is 15.7. The molecule has 1 saturated carbocycles. The van der Waals surface area contributed by atoms with Crippen LogP contribution in [0.2, 0.25) is 10.2 Å². The Bertz CT molecular complexity index is 1360. The summed E-state index contributed by atoms with van der Waals surface area (Å²) in [6, 6.07) is 6.97. The number of nitrogens with one attached hydrogen (secondary N) is 3. The molecule has 9 nitrogen and oxygen atoms in total. The summed E-state index contributed by atoms with van der Waals surface area (Å²) in [6.45, 7) is 4.48. The molecule has 5 N–H and O–H groups in total. The summed E-state index contributed by atoms with van der Waals surface area (Å²) < 4.78 is 21.3. The second-order valence-electron chi connectivity index (χ2n) is 12.5. The van der Waals surface area contributed by atoms with Crippen LogP contribution in [0.1, 0.15) is 63.9 Å². The number of carbonyl (C=O) groups is 3. The molecule has 2 aliphatic heterocycles. The van der Waals surface area contributed by atoms with Gasteiger partial charge in [0, 0.05) is 28.4 Å². The Hall–Kier alpha value is -2.79. The molecule has 3 heterocycles. The molecule has 2 unspecified atom stereocenters. The standard InChI is InChI=1S/C30H36Cl2FN5O4/c1-29(2)9-11-30(12-10-29)22(27(40)36-17-5-3-4-16(31)14-17)21(19-8-13-35-25(32)23(19)33)24(38-30)28(41)37-18-6-7-20(26(34)39)42-15-18/h3-5,8,13-14,18,20-22,24,38H,6-7,9-12,15H2,1-2H3,(H2,34,39)(H,36,40)(H,37,41)/t18-,20+,21?,22?,24-/m1/s1. The number of hydrogen-bond acceptors (Lipinski definition) is 6. The van der Waals surface area contributed by atoms with Crippen molar-refractivity contribution in [3.05, 3.63) is 58.1 Å². The van der Waals surface area contributed by atoms with E-state index >= 15 is 4.39 Å². The Balaban J connectivity index is 1.52. The summed E-state index contributed by atoms with van der Waals surface area (Å²) in [7, 11) is 0. The first-order valence-corrected chi connectivity index (χ1v) is 15.0. The van der Waals surface area contributed by atoms with Crippen LogP contribution in [0.5, 0.6) is 0 Å². The highest BCUT2D eigenvalue weighted by Crippen LogP contribution is 2.53. The van der Waals surface area contributed by atoms with E-state index in [0.29, 0.717) is 36.4 Å². The minimum Gasteiger partial charge on any atom is -0.367 e. The number of pyridine rings is 1. The minimum atomic E-state index is -0.955. The van der Waals surface area contributed by atoms with Gasteiger partial charge in [-0.3, -0.25) is 19.7 Å². The van der Waals surface area contributed by atoms with Crippen molar-refractivity contribution in [2.75, 3.05) is 11.9 Å². The Morgan fingerprint density at radius 2 is 1.83 bits per heavy atom. The van der Waals surface area contributed by atoms with E-state index in [4.69, 9.17) is 33.7 Å². The molecule has 0 radical (unpaired) electrons. The quantitative estimate of drug-likeness (QED) is 0.356. The minimum absolute atomic E-state index is 0.0540. The van der Waals surface area contributed by atoms with Crippen LogP contribution in [-0.4, -0.2) is 53.0 Å². The molecular formula is C30H36Cl2FN5O4. The molecule has 3 fully saturated rings. The summed E-state index contributed by atoms with van der Waals surface area (Å²) in [5, 5.41) is 9.66. The summed E-state index contributed by atoms with van der Waals surface area (Å²) in [5.41, 5.74) is 5.28. The number of aromatic nitrogens is 1. The summed E-state index contributed by atoms with van der Waals surface area (Å²) in [4.78, 5) is 43.6. The van der Waals surface area contributed by atoms with Gasteiger partial charge in [0.05, 0.1) is 24.6 Å². The molecule has 3 aliphatic rings. The van der Waals surface area contributed by atoms with E-state index in [1.54, 1.807) is 24.3 Å². The predicted octanol–water partition coefficient (Wildman–Crippen LogP) is 4.33. The third-order valence-electron chi connectivity index (χ3n) is 9.08. The lowest BCUT2D eigenvalue weighted by Gasteiger charge is -2.45. The van der Waals surface area contributed by atoms with Crippen molar-refractivity contribution in [2.24, 2.45) is 17.1 Å². The number of hydrogen-bond donors (Lipinski definition) is 4. The average molecular weight is 621 g/mol. The monoisotopic (exact) mass is 619 g/mol. The molecule has 12 heteroatoms. The highest BCUT2D eigenvalue weighted by atomic mass is 35.5. The highest BCUT2D eigenvalue weighted by Gasteiger charge is 2.60. The van der Waals surface area contributed by atoms with E-state index in [9.17, 15) is 14.4 Å². The second kappa shape index (κ2) is 12.1. The van der Waals surface area contributed by atoms with Crippen LogP contribution in [0.25, 0.3) is 0 Å². The van der Waals surface area contributed by atoms with E-state index in [1.165, 1.54) is 12.3 Å². The molecule has 226 valence electrons. The van der Waals surface area contributed by atoms with Gasteiger partial charge in [0.1, 0.15) is 6.10 Å². The van der Waals surface area contributed by atoms with Gasteiger partial charge in [-0.05, 0) is 73.8 Å². The van der Waals surface area contributed by atoms with Gasteiger partial charge in [0.2, 0.25) is 17.7 Å². The number of carbonyl (C=O) groups excluding carboxylic acids is 3. The van der Waals surface area contributed by atoms with Crippen molar-refractivity contribution < 1.29 is 23.5 Å². The third-order valence-corrected chi connectivity index (χ3v) is 9.58. The first-order valence-electron chi connectivity index (χ1n) is 14.2. The molecular weight excluding hydrogens is 584 g/mol. The smallest absolute Gasteiger partial charge is 0.246 e. The number of nitrogens with two attached hydrogens (primary N) is 1. The average Bonchev–Trinajstić information content (AvgIpc) is 3.27. The Kier molecular flexibility index (Phi) is 8.81. The summed E-state index contributed by atoms with van der Waals surface area (Å²) >= 11 is 12.3. The summed E-state index contributed by atoms with van der Waals surface area (Å²) in [6.07, 6.45) is 4.40. The number of benzene rings is 1. The van der Waals surface area contributed by atoms with Gasteiger partial charge in [-0.15, -0.1) is 0 Å². The maximum absolute atomic E-state index is 15.7. The molecule has 2 saturated heterocycles. The number of halogens is 3. The van der Waals surface area contributed by atoms with Gasteiger partial charge >= 0.3 is 0 Å². The fourth-order valence-corrected chi connectivity index (χ4v) is 7.07. The van der Waals surface area contributed by atoms with Crippen molar-refractivity contribution >= 4 is 46.6 Å². The predicted molar refractivity (Wildman–Crippen MR) is 158 cm³/mol. The normalized spacial score (nSPS) is 28.3. The fourth-order valence-electron chi connectivity index (χ4n) is 6.71. The summed E-state index contributed by atoms with van der Waals surface area (Å²) in [5.74, 6) is -3.75. The van der Waals surface area contributed by atoms with E-state index in [2.05, 4.69) is 34.8 Å². The molecule has 1 aliphatic carbocycles. The zero-order chi connectivity index (χ0) is 30.2. The van der Waals surface area contributed by atoms with Crippen LogP contribution in [0.3, 0.4) is 0 Å². The molecule has 1 aromatic carbocycles. The molecule has 5 atom stereocenters. The lowest BCUT2D eigenvalue weighted by molar-refractivity contribution is -0.134. The molecule has 0 bridgehead atoms. The van der Waals surface area contributed by atoms with Crippen LogP contribution in [0, 0.1) is 17.2 Å². The fraction of sp³-hybridized carbons (Fsp3) is 0.533. The zero-order valence-corrected chi connectivity index (χ0v) is 25.1. The zero-order valence-electron chi connectivity index (χ0n) is 23.6. The van der Waals surface area contributed by atoms with Gasteiger partial charge in [-0.1, -0.05) is 43.1 Å². The van der Waals surface area contributed by atoms with Gasteiger partial charge in [-0.2, -0.15) is 0 Å². The van der Waals surface area contributed by atoms with Crippen molar-refractivity contribution in [1.82, 2.24) is 15.6 Å². The highest BCUT2D eigenvalue weighted by molar-refractivity contribution is 6.31. The van der Waals surface area contributed by atoms with Crippen LogP contribution in [0.15, 0.2) is 36.5 Å². The molecule has 1 aromatic heterocycles. The number of rotatable bonds is 6. The van der Waals surface area contributed by atoms with E-state index in [1.807, 2.05) is 0 Å². The molecule has 42 heavy (non-hydrogen) atoms. The molecule has 5 rings (SSSR count). The molecule has 3 amide bonds. The first kappa shape index (κ1) is 30.7. The Morgan fingerprint density at radius 1 is 1.10 bits per heavy atom. The van der Waals surface area contributed by atoms with Gasteiger partial charge in [0.25, 0.3) is 0 Å². The largest absolute Gasteiger partial charge is 0.367 e. The van der Waals surface area contributed by atoms with Crippen molar-refractivity contribution in [3.8, 4) is 0 Å². The number of amides is 3. The SMILES string of the molecule is CC1(C)CCC2(CC1)N[C@@H](C(=O)N[C@@H]1CC[C@@H](C(N)=O)OC1)C(c1ccnc(Cl)c1F)C2C(=O)Nc1cccc(Cl)c1. The van der Waals surface area contributed by atoms with E-state index in [-0.39, 0.29) is 40.6 Å². The third kappa shape index (κ3) is 6.27. The van der Waals surface area contributed by atoms with Crippen LogP contribution in [-0.2, 0) is 19.1 Å². The van der Waals surface area contributed by atoms with Crippen LogP contribution >= 0.6 is 23.2 Å². The second-order valence-corrected chi connectivity index (χ2v) is 13.3. The maximum Gasteiger partial charge on any atom is 0.246 e. The van der Waals surface area contributed by atoms with Gasteiger partial charge in [0.15, 0.2) is 11.0 Å². The van der Waals surface area contributed by atoms with Crippen molar-refractivity contribution in [3.63, 3.8) is 0 Å². The lowest BCUT2D eigenvalue weighted by Crippen LogP contribution is -2.56. The van der Waals surface area contributed by atoms with Gasteiger partial charge in [-0.25, -0.2) is 9.37 Å². The molecule has 2 aromatic rings. The number of nitrogens with zero attached hydrogens (tertiary/aromatic N) is 1. The van der Waals surface area contributed by atoms with E-state index in [0.717, 1.165) is 12.8 Å². The number of primary amides is 1. The number of anilines is 1. The van der Waals surface area contributed by atoms with Crippen molar-refractivity contribution in [2.45, 2.75) is 82.0 Å². The lowest BCUT2D eigenvalue weighted by atomic mass is 9.63. The van der Waals surface area contributed by atoms with Crippen molar-refractivity contribution in [1.29, 1.82) is 0 Å². The number of ether oxygens (including phenoxy) is 1. The Labute approximate surface area is 254 Å². The van der Waals surface area contributed by atoms with E-state index < -0.39 is 41.2 Å². The first-order chi connectivity index (χ1) is 19.9. The molecule has 1 spiro atoms.